The number of carbonyl (C=O) groups is 1. The molecule has 0 spiro atoms. The molecule has 3 nitrogen and oxygen atoms in total. The van der Waals surface area contributed by atoms with Crippen LogP contribution in [0.1, 0.15) is 55.0 Å². The molecule has 0 saturated carbocycles. The smallest absolute Gasteiger partial charge is 0.223 e. The van der Waals surface area contributed by atoms with E-state index in [9.17, 15) is 4.79 Å². The summed E-state index contributed by atoms with van der Waals surface area (Å²) in [5, 5.41) is 3.22. The minimum atomic E-state index is 0.0636. The third-order valence-electron chi connectivity index (χ3n) is 5.69. The second kappa shape index (κ2) is 9.18. The van der Waals surface area contributed by atoms with Gasteiger partial charge in [0.05, 0.1) is 6.04 Å². The van der Waals surface area contributed by atoms with Crippen LogP contribution in [0, 0.1) is 12.8 Å². The van der Waals surface area contributed by atoms with Gasteiger partial charge in [0.15, 0.2) is 0 Å². The van der Waals surface area contributed by atoms with Crippen LogP contribution < -0.4 is 5.32 Å². The van der Waals surface area contributed by atoms with Gasteiger partial charge in [-0.3, -0.25) is 9.69 Å². The molecule has 0 aromatic heterocycles. The molecule has 27 heavy (non-hydrogen) atoms. The van der Waals surface area contributed by atoms with Crippen LogP contribution in [0.2, 0.25) is 0 Å². The van der Waals surface area contributed by atoms with Crippen LogP contribution in [-0.4, -0.2) is 23.9 Å². The van der Waals surface area contributed by atoms with Gasteiger partial charge in [-0.25, -0.2) is 0 Å². The Morgan fingerprint density at radius 2 is 1.81 bits per heavy atom. The van der Waals surface area contributed by atoms with E-state index in [1.165, 1.54) is 22.3 Å². The number of aryl methyl sites for hydroxylation is 2. The van der Waals surface area contributed by atoms with E-state index in [0.717, 1.165) is 38.9 Å². The van der Waals surface area contributed by atoms with Crippen LogP contribution >= 0.6 is 0 Å². The van der Waals surface area contributed by atoms with Crippen molar-refractivity contribution in [1.29, 1.82) is 0 Å². The van der Waals surface area contributed by atoms with Crippen molar-refractivity contribution in [3.8, 4) is 0 Å². The first kappa shape index (κ1) is 19.6. The van der Waals surface area contributed by atoms with E-state index in [0.29, 0.717) is 0 Å². The number of nitrogens with zero attached hydrogens (tertiary/aromatic N) is 1. The molecule has 1 aliphatic heterocycles. The monoisotopic (exact) mass is 364 g/mol. The molecule has 2 aromatic carbocycles. The summed E-state index contributed by atoms with van der Waals surface area (Å²) < 4.78 is 0. The lowest BCUT2D eigenvalue weighted by Crippen LogP contribution is -2.40. The van der Waals surface area contributed by atoms with Crippen LogP contribution in [0.25, 0.3) is 0 Å². The van der Waals surface area contributed by atoms with E-state index in [2.05, 4.69) is 79.5 Å². The van der Waals surface area contributed by atoms with Crippen molar-refractivity contribution >= 4 is 5.91 Å². The van der Waals surface area contributed by atoms with Crippen LogP contribution in [0.3, 0.4) is 0 Å². The Bertz CT molecular complexity index is 745. The van der Waals surface area contributed by atoms with Crippen molar-refractivity contribution in [3.05, 3.63) is 70.8 Å². The molecule has 1 atom stereocenters. The van der Waals surface area contributed by atoms with Crippen molar-refractivity contribution in [2.75, 3.05) is 13.1 Å². The van der Waals surface area contributed by atoms with Gasteiger partial charge >= 0.3 is 0 Å². The number of nitrogens with one attached hydrogen (secondary N) is 1. The number of amides is 1. The average molecular weight is 365 g/mol. The largest absolute Gasteiger partial charge is 0.349 e. The Morgan fingerprint density at radius 1 is 1.11 bits per heavy atom. The van der Waals surface area contributed by atoms with Gasteiger partial charge in [0, 0.05) is 12.5 Å². The van der Waals surface area contributed by atoms with Gasteiger partial charge in [-0.15, -0.1) is 0 Å². The minimum absolute atomic E-state index is 0.0636. The summed E-state index contributed by atoms with van der Waals surface area (Å²) in [6.07, 6.45) is 2.93. The summed E-state index contributed by atoms with van der Waals surface area (Å²) in [5.41, 5.74) is 5.18. The van der Waals surface area contributed by atoms with Gasteiger partial charge in [0.1, 0.15) is 0 Å². The van der Waals surface area contributed by atoms with E-state index in [1.807, 2.05) is 0 Å². The third-order valence-corrected chi connectivity index (χ3v) is 5.69. The Kier molecular flexibility index (Phi) is 6.68. The van der Waals surface area contributed by atoms with E-state index < -0.39 is 0 Å². The lowest BCUT2D eigenvalue weighted by atomic mass is 9.94. The first-order chi connectivity index (χ1) is 13.0. The molecule has 2 aromatic rings. The predicted molar refractivity (Wildman–Crippen MR) is 112 cm³/mol. The Labute approximate surface area is 163 Å². The molecular weight excluding hydrogens is 332 g/mol. The molecular formula is C24H32N2O. The number of benzene rings is 2. The summed E-state index contributed by atoms with van der Waals surface area (Å²) in [6, 6.07) is 17.3. The first-order valence-corrected chi connectivity index (χ1v) is 10.2. The number of likely N-dealkylation sites (tertiary alicyclic amines) is 1. The van der Waals surface area contributed by atoms with E-state index >= 15 is 0 Å². The molecule has 1 saturated heterocycles. The number of piperidine rings is 1. The molecule has 3 rings (SSSR count). The highest BCUT2D eigenvalue weighted by molar-refractivity contribution is 5.79. The fourth-order valence-corrected chi connectivity index (χ4v) is 3.88. The third kappa shape index (κ3) is 5.43. The second-order valence-corrected chi connectivity index (χ2v) is 7.86. The number of rotatable bonds is 6. The van der Waals surface area contributed by atoms with Gasteiger partial charge in [0.25, 0.3) is 0 Å². The van der Waals surface area contributed by atoms with Crippen LogP contribution in [-0.2, 0) is 17.8 Å². The van der Waals surface area contributed by atoms with Gasteiger partial charge in [-0.05, 0) is 62.9 Å². The summed E-state index contributed by atoms with van der Waals surface area (Å²) >= 11 is 0. The highest BCUT2D eigenvalue weighted by Gasteiger charge is 2.26. The molecule has 144 valence electrons. The minimum Gasteiger partial charge on any atom is -0.349 e. The topological polar surface area (TPSA) is 32.3 Å². The maximum Gasteiger partial charge on any atom is 0.223 e. The number of hydrogen-bond acceptors (Lipinski definition) is 2. The van der Waals surface area contributed by atoms with E-state index in [1.54, 1.807) is 0 Å². The molecule has 1 fully saturated rings. The van der Waals surface area contributed by atoms with Crippen LogP contribution in [0.4, 0.5) is 0 Å². The van der Waals surface area contributed by atoms with Crippen molar-refractivity contribution < 1.29 is 4.79 Å². The van der Waals surface area contributed by atoms with Gasteiger partial charge in [0.2, 0.25) is 5.91 Å². The molecule has 0 unspecified atom stereocenters. The first-order valence-electron chi connectivity index (χ1n) is 10.2. The van der Waals surface area contributed by atoms with E-state index in [-0.39, 0.29) is 17.9 Å². The molecule has 1 amide bonds. The van der Waals surface area contributed by atoms with E-state index in [4.69, 9.17) is 0 Å². The molecule has 1 heterocycles. The van der Waals surface area contributed by atoms with Crippen LogP contribution in [0.5, 0.6) is 0 Å². The number of hydrogen-bond donors (Lipinski definition) is 1. The molecule has 3 heteroatoms. The van der Waals surface area contributed by atoms with Crippen molar-refractivity contribution in [2.45, 2.75) is 52.6 Å². The highest BCUT2D eigenvalue weighted by Crippen LogP contribution is 2.21. The Balaban J connectivity index is 1.47. The molecule has 0 aliphatic carbocycles. The van der Waals surface area contributed by atoms with Crippen LogP contribution in [0.15, 0.2) is 48.5 Å². The Morgan fingerprint density at radius 3 is 2.44 bits per heavy atom. The SMILES string of the molecule is CCc1ccc([C@@H](C)NC(=O)C2CCN(Cc3cccc(C)c3)CC2)cc1. The molecule has 0 bridgehead atoms. The summed E-state index contributed by atoms with van der Waals surface area (Å²) in [5.74, 6) is 0.341. The fraction of sp³-hybridized carbons (Fsp3) is 0.458. The van der Waals surface area contributed by atoms with Crippen molar-refractivity contribution in [2.24, 2.45) is 5.92 Å². The molecule has 0 radical (unpaired) electrons. The fourth-order valence-electron chi connectivity index (χ4n) is 3.88. The second-order valence-electron chi connectivity index (χ2n) is 7.86. The summed E-state index contributed by atoms with van der Waals surface area (Å²) in [7, 11) is 0. The zero-order valence-corrected chi connectivity index (χ0v) is 16.9. The maximum atomic E-state index is 12.7. The summed E-state index contributed by atoms with van der Waals surface area (Å²) in [4.78, 5) is 15.1. The lowest BCUT2D eigenvalue weighted by molar-refractivity contribution is -0.127. The maximum absolute atomic E-state index is 12.7. The highest BCUT2D eigenvalue weighted by atomic mass is 16.1. The predicted octanol–water partition coefficient (Wildman–Crippen LogP) is 4.65. The Hall–Kier alpha value is -2.13. The normalized spacial score (nSPS) is 16.9. The van der Waals surface area contributed by atoms with Crippen molar-refractivity contribution in [3.63, 3.8) is 0 Å². The molecule has 1 aliphatic rings. The summed E-state index contributed by atoms with van der Waals surface area (Å²) in [6.45, 7) is 9.34. The standard InChI is InChI=1S/C24H32N2O/c1-4-20-8-10-22(11-9-20)19(3)25-24(27)23-12-14-26(15-13-23)17-21-7-5-6-18(2)16-21/h5-11,16,19,23H,4,12-15,17H2,1-3H3,(H,25,27)/t19-/m1/s1. The zero-order chi connectivity index (χ0) is 19.2. The average Bonchev–Trinajstić information content (AvgIpc) is 2.68. The lowest BCUT2D eigenvalue weighted by Gasteiger charge is -2.32. The van der Waals surface area contributed by atoms with Gasteiger partial charge in [-0.1, -0.05) is 61.0 Å². The zero-order valence-electron chi connectivity index (χ0n) is 16.9. The van der Waals surface area contributed by atoms with Crippen molar-refractivity contribution in [1.82, 2.24) is 10.2 Å². The number of carbonyl (C=O) groups excluding carboxylic acids is 1. The quantitative estimate of drug-likeness (QED) is 0.809. The van der Waals surface area contributed by atoms with Gasteiger partial charge in [-0.2, -0.15) is 0 Å². The van der Waals surface area contributed by atoms with Gasteiger partial charge < -0.3 is 5.32 Å². The molecule has 1 N–H and O–H groups in total.